The van der Waals surface area contributed by atoms with E-state index in [1.807, 2.05) is 6.07 Å². The Morgan fingerprint density at radius 2 is 1.64 bits per heavy atom. The van der Waals surface area contributed by atoms with Crippen LogP contribution in [0.1, 0.15) is 31.0 Å². The van der Waals surface area contributed by atoms with Crippen molar-refractivity contribution in [3.05, 3.63) is 48.5 Å². The summed E-state index contributed by atoms with van der Waals surface area (Å²) in [6.45, 7) is 6.10. The molecule has 9 nitrogen and oxygen atoms in total. The molecule has 1 aromatic carbocycles. The zero-order valence-corrected chi connectivity index (χ0v) is 19.2. The number of nitrogens with zero attached hydrogens (tertiary/aromatic N) is 5. The van der Waals surface area contributed by atoms with Gasteiger partial charge in [0.2, 0.25) is 5.91 Å². The predicted octanol–water partition coefficient (Wildman–Crippen LogP) is 1.35. The number of piperidine rings is 1. The molecule has 5 rings (SSSR count). The smallest absolute Gasteiger partial charge is 0.227 e. The second kappa shape index (κ2) is 10.0. The van der Waals surface area contributed by atoms with E-state index in [4.69, 9.17) is 4.74 Å². The van der Waals surface area contributed by atoms with Crippen LogP contribution in [-0.4, -0.2) is 79.5 Å². The van der Waals surface area contributed by atoms with Gasteiger partial charge in [0.1, 0.15) is 6.33 Å². The van der Waals surface area contributed by atoms with Crippen LogP contribution >= 0.6 is 0 Å². The van der Waals surface area contributed by atoms with Gasteiger partial charge in [-0.15, -0.1) is 0 Å². The quantitative estimate of drug-likeness (QED) is 0.705. The second-order valence-corrected chi connectivity index (χ2v) is 8.99. The molecular formula is C24H33N7O2. The van der Waals surface area contributed by atoms with Crippen LogP contribution in [0, 0.1) is 0 Å². The summed E-state index contributed by atoms with van der Waals surface area (Å²) in [4.78, 5) is 27.4. The predicted molar refractivity (Wildman–Crippen MR) is 127 cm³/mol. The Labute approximate surface area is 195 Å². The summed E-state index contributed by atoms with van der Waals surface area (Å²) in [5.41, 5.74) is 3.38. The van der Waals surface area contributed by atoms with E-state index in [9.17, 15) is 4.79 Å². The van der Waals surface area contributed by atoms with Crippen LogP contribution in [0.2, 0.25) is 0 Å². The SMILES string of the molecule is CN1C(=O)CC(c2ccncn2)NC1OC1CCN(c2ccc(N3CCNCC3)cc2)CC1. The van der Waals surface area contributed by atoms with E-state index in [1.54, 1.807) is 18.1 Å². The van der Waals surface area contributed by atoms with Crippen LogP contribution in [-0.2, 0) is 9.53 Å². The van der Waals surface area contributed by atoms with Crippen molar-refractivity contribution < 1.29 is 9.53 Å². The lowest BCUT2D eigenvalue weighted by Gasteiger charge is -2.41. The van der Waals surface area contributed by atoms with Crippen molar-refractivity contribution in [3.63, 3.8) is 0 Å². The molecule has 1 aromatic heterocycles. The van der Waals surface area contributed by atoms with Crippen molar-refractivity contribution in [2.24, 2.45) is 0 Å². The molecule has 0 aliphatic carbocycles. The number of carbonyl (C=O) groups is 1. The molecule has 3 fully saturated rings. The highest BCUT2D eigenvalue weighted by Crippen LogP contribution is 2.27. The number of piperazine rings is 1. The fourth-order valence-corrected chi connectivity index (χ4v) is 4.85. The maximum Gasteiger partial charge on any atom is 0.227 e. The lowest BCUT2D eigenvalue weighted by molar-refractivity contribution is -0.167. The number of hydrogen-bond donors (Lipinski definition) is 2. The third kappa shape index (κ3) is 5.10. The minimum Gasteiger partial charge on any atom is -0.371 e. The number of anilines is 2. The molecule has 2 unspecified atom stereocenters. The number of benzene rings is 1. The molecule has 3 saturated heterocycles. The Balaban J connectivity index is 1.15. The van der Waals surface area contributed by atoms with Crippen molar-refractivity contribution in [1.29, 1.82) is 0 Å². The van der Waals surface area contributed by atoms with Crippen LogP contribution < -0.4 is 20.4 Å². The standard InChI is InChI=1S/C24H33N7O2/c1-29-23(32)16-22(21-6-9-26-17-27-21)28-24(29)33-20-7-12-30(13-8-20)18-2-4-19(5-3-18)31-14-10-25-11-15-31/h2-6,9,17,20,22,24-25,28H,7-8,10-16H2,1H3. The molecule has 1 amide bonds. The van der Waals surface area contributed by atoms with E-state index in [2.05, 4.69) is 54.7 Å². The molecule has 2 aromatic rings. The zero-order valence-electron chi connectivity index (χ0n) is 19.2. The summed E-state index contributed by atoms with van der Waals surface area (Å²) >= 11 is 0. The highest BCUT2D eigenvalue weighted by atomic mass is 16.5. The number of aromatic nitrogens is 2. The van der Waals surface area contributed by atoms with E-state index < -0.39 is 6.35 Å². The number of ether oxygens (including phenoxy) is 1. The Bertz CT molecular complexity index is 912. The lowest BCUT2D eigenvalue weighted by atomic mass is 10.1. The maximum absolute atomic E-state index is 12.6. The Hall–Kier alpha value is -2.75. The Morgan fingerprint density at radius 1 is 0.970 bits per heavy atom. The Kier molecular flexibility index (Phi) is 6.70. The van der Waals surface area contributed by atoms with E-state index in [-0.39, 0.29) is 18.1 Å². The van der Waals surface area contributed by atoms with E-state index in [0.717, 1.165) is 57.8 Å². The minimum atomic E-state index is -0.443. The van der Waals surface area contributed by atoms with Crippen LogP contribution in [0.5, 0.6) is 0 Å². The fraction of sp³-hybridized carbons (Fsp3) is 0.542. The van der Waals surface area contributed by atoms with Crippen LogP contribution in [0.3, 0.4) is 0 Å². The molecule has 176 valence electrons. The summed E-state index contributed by atoms with van der Waals surface area (Å²) in [6.07, 6.45) is 5.11. The number of carbonyl (C=O) groups excluding carboxylic acids is 1. The van der Waals surface area contributed by atoms with Crippen LogP contribution in [0.25, 0.3) is 0 Å². The second-order valence-electron chi connectivity index (χ2n) is 8.99. The fourth-order valence-electron chi connectivity index (χ4n) is 4.85. The topological polar surface area (TPSA) is 85.9 Å². The van der Waals surface area contributed by atoms with Crippen molar-refractivity contribution >= 4 is 17.3 Å². The average molecular weight is 452 g/mol. The first-order valence-electron chi connectivity index (χ1n) is 11.9. The first kappa shape index (κ1) is 22.1. The highest BCUT2D eigenvalue weighted by molar-refractivity contribution is 5.77. The molecule has 2 atom stereocenters. The van der Waals surface area contributed by atoms with Gasteiger partial charge in [-0.2, -0.15) is 0 Å². The molecule has 4 heterocycles. The zero-order chi connectivity index (χ0) is 22.6. The number of hydrogen-bond acceptors (Lipinski definition) is 8. The molecule has 0 bridgehead atoms. The van der Waals surface area contributed by atoms with Gasteiger partial charge in [0.05, 0.1) is 17.8 Å². The van der Waals surface area contributed by atoms with Gasteiger partial charge in [-0.3, -0.25) is 10.1 Å². The van der Waals surface area contributed by atoms with Gasteiger partial charge in [-0.05, 0) is 43.2 Å². The summed E-state index contributed by atoms with van der Waals surface area (Å²) in [5, 5.41) is 6.85. The third-order valence-corrected chi connectivity index (χ3v) is 6.89. The maximum atomic E-state index is 12.6. The van der Waals surface area contributed by atoms with Gasteiger partial charge >= 0.3 is 0 Å². The summed E-state index contributed by atoms with van der Waals surface area (Å²) in [7, 11) is 1.80. The first-order chi connectivity index (χ1) is 16.2. The summed E-state index contributed by atoms with van der Waals surface area (Å²) < 4.78 is 6.36. The molecule has 3 aliphatic heterocycles. The van der Waals surface area contributed by atoms with E-state index in [0.29, 0.717) is 6.42 Å². The molecule has 0 saturated carbocycles. The Morgan fingerprint density at radius 3 is 2.27 bits per heavy atom. The molecule has 3 aliphatic rings. The molecular weight excluding hydrogens is 418 g/mol. The number of amides is 1. The number of nitrogens with one attached hydrogen (secondary N) is 2. The summed E-state index contributed by atoms with van der Waals surface area (Å²) in [5.74, 6) is 0.0596. The minimum absolute atomic E-state index is 0.0596. The van der Waals surface area contributed by atoms with Crippen molar-refractivity contribution in [2.45, 2.75) is 37.8 Å². The van der Waals surface area contributed by atoms with Gasteiger partial charge in [-0.25, -0.2) is 9.97 Å². The van der Waals surface area contributed by atoms with Gasteiger partial charge in [0.25, 0.3) is 0 Å². The van der Waals surface area contributed by atoms with Crippen LogP contribution in [0.15, 0.2) is 42.9 Å². The van der Waals surface area contributed by atoms with Gasteiger partial charge in [0.15, 0.2) is 6.35 Å². The highest BCUT2D eigenvalue weighted by Gasteiger charge is 2.35. The monoisotopic (exact) mass is 451 g/mol. The normalized spacial score (nSPS) is 24.9. The van der Waals surface area contributed by atoms with Crippen molar-refractivity contribution in [1.82, 2.24) is 25.5 Å². The summed E-state index contributed by atoms with van der Waals surface area (Å²) in [6, 6.07) is 10.6. The lowest BCUT2D eigenvalue weighted by Crippen LogP contribution is -2.56. The van der Waals surface area contributed by atoms with Crippen LogP contribution in [0.4, 0.5) is 11.4 Å². The van der Waals surface area contributed by atoms with Gasteiger partial charge in [-0.1, -0.05) is 0 Å². The van der Waals surface area contributed by atoms with Crippen molar-refractivity contribution in [2.75, 3.05) is 56.1 Å². The molecule has 33 heavy (non-hydrogen) atoms. The average Bonchev–Trinajstić information content (AvgIpc) is 2.88. The largest absolute Gasteiger partial charge is 0.371 e. The third-order valence-electron chi connectivity index (χ3n) is 6.89. The van der Waals surface area contributed by atoms with Gasteiger partial charge < -0.3 is 24.8 Å². The number of rotatable bonds is 5. The molecule has 2 N–H and O–H groups in total. The van der Waals surface area contributed by atoms with Gasteiger partial charge in [0, 0.05) is 70.3 Å². The molecule has 0 spiro atoms. The molecule has 9 heteroatoms. The van der Waals surface area contributed by atoms with Crippen molar-refractivity contribution in [3.8, 4) is 0 Å². The first-order valence-corrected chi connectivity index (χ1v) is 11.9. The molecule has 0 radical (unpaired) electrons. The van der Waals surface area contributed by atoms with E-state index >= 15 is 0 Å². The van der Waals surface area contributed by atoms with E-state index in [1.165, 1.54) is 17.7 Å².